The lowest BCUT2D eigenvalue weighted by atomic mass is 10.1. The molecular weight excluding hydrogens is 382 g/mol. The van der Waals surface area contributed by atoms with Crippen molar-refractivity contribution in [2.75, 3.05) is 18.8 Å². The highest BCUT2D eigenvalue weighted by Gasteiger charge is 2.26. The van der Waals surface area contributed by atoms with E-state index in [4.69, 9.17) is 15.2 Å². The molecule has 1 atom stereocenters. The Morgan fingerprint density at radius 3 is 2.87 bits per heavy atom. The fourth-order valence-corrected chi connectivity index (χ4v) is 3.63. The van der Waals surface area contributed by atoms with Gasteiger partial charge in [-0.1, -0.05) is 44.2 Å². The quantitative estimate of drug-likeness (QED) is 0.692. The maximum atomic E-state index is 12.5. The molecule has 3 aromatic rings. The van der Waals surface area contributed by atoms with E-state index in [0.29, 0.717) is 30.4 Å². The molecule has 1 aliphatic rings. The second-order valence-corrected chi connectivity index (χ2v) is 7.88. The molecule has 1 aromatic carbocycles. The molecule has 0 spiro atoms. The fourth-order valence-electron chi connectivity index (χ4n) is 3.63. The van der Waals surface area contributed by atoms with Crippen LogP contribution in [0.15, 0.2) is 42.6 Å². The van der Waals surface area contributed by atoms with Gasteiger partial charge in [-0.15, -0.1) is 0 Å². The molecule has 2 N–H and O–H groups in total. The molecule has 1 saturated heterocycles. The van der Waals surface area contributed by atoms with E-state index in [1.807, 2.05) is 30.3 Å². The topological polar surface area (TPSA) is 95.0 Å². The SMILES string of the molecule is CC(C)c1cnn2c(N)cc(OC3CCCN(C(=O)OCc4ccccc4)C3)nc12. The fraction of sp³-hybridized carbons (Fsp3) is 0.409. The van der Waals surface area contributed by atoms with Gasteiger partial charge in [-0.2, -0.15) is 14.6 Å². The van der Waals surface area contributed by atoms with Gasteiger partial charge in [0.2, 0.25) is 5.88 Å². The van der Waals surface area contributed by atoms with Crippen LogP contribution in [0, 0.1) is 0 Å². The van der Waals surface area contributed by atoms with Crippen molar-refractivity contribution in [1.29, 1.82) is 0 Å². The van der Waals surface area contributed by atoms with Crippen LogP contribution in [0.4, 0.5) is 10.6 Å². The molecular formula is C22H27N5O3. The van der Waals surface area contributed by atoms with Gasteiger partial charge < -0.3 is 20.1 Å². The Bertz CT molecular complexity index is 1020. The second kappa shape index (κ2) is 8.61. The zero-order valence-electron chi connectivity index (χ0n) is 17.3. The van der Waals surface area contributed by atoms with E-state index in [-0.39, 0.29) is 24.7 Å². The number of rotatable bonds is 5. The van der Waals surface area contributed by atoms with Crippen LogP contribution in [0.1, 0.15) is 43.7 Å². The number of benzene rings is 1. The van der Waals surface area contributed by atoms with Crippen molar-refractivity contribution in [2.45, 2.75) is 45.3 Å². The highest BCUT2D eigenvalue weighted by atomic mass is 16.6. The van der Waals surface area contributed by atoms with Gasteiger partial charge in [-0.25, -0.2) is 4.79 Å². The number of nitrogens with zero attached hydrogens (tertiary/aromatic N) is 4. The lowest BCUT2D eigenvalue weighted by Crippen LogP contribution is -2.44. The van der Waals surface area contributed by atoms with Crippen LogP contribution in [0.3, 0.4) is 0 Å². The van der Waals surface area contributed by atoms with E-state index in [9.17, 15) is 4.79 Å². The first kappa shape index (κ1) is 20.0. The number of carbonyl (C=O) groups excluding carboxylic acids is 1. The van der Waals surface area contributed by atoms with Crippen molar-refractivity contribution < 1.29 is 14.3 Å². The van der Waals surface area contributed by atoms with Gasteiger partial charge in [0.05, 0.1) is 12.7 Å². The summed E-state index contributed by atoms with van der Waals surface area (Å²) in [6, 6.07) is 11.3. The summed E-state index contributed by atoms with van der Waals surface area (Å²) < 4.78 is 13.2. The number of likely N-dealkylation sites (tertiary alicyclic amines) is 1. The molecule has 158 valence electrons. The van der Waals surface area contributed by atoms with Crippen LogP contribution in [-0.2, 0) is 11.3 Å². The summed E-state index contributed by atoms with van der Waals surface area (Å²) in [4.78, 5) is 18.8. The Morgan fingerprint density at radius 1 is 1.30 bits per heavy atom. The molecule has 2 aromatic heterocycles. The second-order valence-electron chi connectivity index (χ2n) is 7.88. The minimum atomic E-state index is -0.326. The summed E-state index contributed by atoms with van der Waals surface area (Å²) in [5, 5.41) is 4.31. The minimum absolute atomic E-state index is 0.164. The maximum absolute atomic E-state index is 12.5. The van der Waals surface area contributed by atoms with E-state index < -0.39 is 0 Å². The normalized spacial score (nSPS) is 16.8. The third-order valence-corrected chi connectivity index (χ3v) is 5.25. The lowest BCUT2D eigenvalue weighted by Gasteiger charge is -2.32. The first-order chi connectivity index (χ1) is 14.5. The highest BCUT2D eigenvalue weighted by molar-refractivity contribution is 5.67. The van der Waals surface area contributed by atoms with Gasteiger partial charge in [0.25, 0.3) is 0 Å². The van der Waals surface area contributed by atoms with Crippen molar-refractivity contribution in [3.63, 3.8) is 0 Å². The monoisotopic (exact) mass is 409 g/mol. The number of piperidine rings is 1. The number of amides is 1. The third kappa shape index (κ3) is 4.32. The summed E-state index contributed by atoms with van der Waals surface area (Å²) in [5.41, 5.74) is 8.82. The molecule has 1 amide bonds. The Labute approximate surface area is 175 Å². The van der Waals surface area contributed by atoms with Crippen LogP contribution >= 0.6 is 0 Å². The van der Waals surface area contributed by atoms with Gasteiger partial charge in [0.15, 0.2) is 5.65 Å². The van der Waals surface area contributed by atoms with Crippen molar-refractivity contribution in [2.24, 2.45) is 0 Å². The summed E-state index contributed by atoms with van der Waals surface area (Å²) >= 11 is 0. The van der Waals surface area contributed by atoms with Crippen LogP contribution in [0.2, 0.25) is 0 Å². The molecule has 3 heterocycles. The van der Waals surface area contributed by atoms with Gasteiger partial charge in [-0.05, 0) is 24.3 Å². The van der Waals surface area contributed by atoms with Crippen molar-refractivity contribution in [3.05, 3.63) is 53.7 Å². The van der Waals surface area contributed by atoms with Crippen molar-refractivity contribution in [1.82, 2.24) is 19.5 Å². The maximum Gasteiger partial charge on any atom is 0.410 e. The number of carbonyl (C=O) groups is 1. The number of ether oxygens (including phenoxy) is 2. The molecule has 4 rings (SSSR count). The van der Waals surface area contributed by atoms with E-state index >= 15 is 0 Å². The number of fused-ring (bicyclic) bond motifs is 1. The highest BCUT2D eigenvalue weighted by Crippen LogP contribution is 2.25. The van der Waals surface area contributed by atoms with E-state index in [1.54, 1.807) is 21.7 Å². The Balaban J connectivity index is 1.41. The van der Waals surface area contributed by atoms with Gasteiger partial charge >= 0.3 is 6.09 Å². The zero-order valence-corrected chi connectivity index (χ0v) is 17.3. The summed E-state index contributed by atoms with van der Waals surface area (Å²) in [7, 11) is 0. The largest absolute Gasteiger partial charge is 0.472 e. The standard InChI is InChI=1S/C22H27N5O3/c1-15(2)18-12-24-27-19(23)11-20(25-21(18)27)30-17-9-6-10-26(13-17)22(28)29-14-16-7-4-3-5-8-16/h3-5,7-8,11-12,15,17H,6,9-10,13-14,23H2,1-2H3. The van der Waals surface area contributed by atoms with Crippen LogP contribution in [0.5, 0.6) is 5.88 Å². The first-order valence-corrected chi connectivity index (χ1v) is 10.3. The number of nitrogens with two attached hydrogens (primary N) is 1. The lowest BCUT2D eigenvalue weighted by molar-refractivity contribution is 0.0537. The molecule has 30 heavy (non-hydrogen) atoms. The molecule has 8 nitrogen and oxygen atoms in total. The first-order valence-electron chi connectivity index (χ1n) is 10.3. The zero-order chi connectivity index (χ0) is 21.1. The van der Waals surface area contributed by atoms with E-state index in [0.717, 1.165) is 24.0 Å². The number of hydrogen-bond acceptors (Lipinski definition) is 6. The van der Waals surface area contributed by atoms with Gasteiger partial charge in [0, 0.05) is 18.2 Å². The van der Waals surface area contributed by atoms with Crippen molar-refractivity contribution in [3.8, 4) is 5.88 Å². The third-order valence-electron chi connectivity index (χ3n) is 5.25. The molecule has 0 saturated carbocycles. The molecule has 1 aliphatic heterocycles. The predicted octanol–water partition coefficient (Wildman–Crippen LogP) is 3.61. The average Bonchev–Trinajstić information content (AvgIpc) is 3.18. The van der Waals surface area contributed by atoms with Crippen molar-refractivity contribution >= 4 is 17.6 Å². The molecule has 1 fully saturated rings. The number of aromatic nitrogens is 3. The molecule has 0 radical (unpaired) electrons. The molecule has 0 aliphatic carbocycles. The Kier molecular flexibility index (Phi) is 5.74. The Morgan fingerprint density at radius 2 is 2.10 bits per heavy atom. The average molecular weight is 409 g/mol. The van der Waals surface area contributed by atoms with Gasteiger partial charge in [-0.3, -0.25) is 0 Å². The smallest absolute Gasteiger partial charge is 0.410 e. The predicted molar refractivity (Wildman–Crippen MR) is 113 cm³/mol. The van der Waals surface area contributed by atoms with E-state index in [2.05, 4.69) is 23.9 Å². The van der Waals surface area contributed by atoms with Crippen LogP contribution < -0.4 is 10.5 Å². The number of anilines is 1. The number of nitrogen functional groups attached to an aromatic ring is 1. The summed E-state index contributed by atoms with van der Waals surface area (Å²) in [6.07, 6.45) is 2.98. The molecule has 0 bridgehead atoms. The van der Waals surface area contributed by atoms with Crippen LogP contribution in [-0.4, -0.2) is 44.8 Å². The minimum Gasteiger partial charge on any atom is -0.472 e. The summed E-state index contributed by atoms with van der Waals surface area (Å²) in [6.45, 7) is 5.54. The molecule has 1 unspecified atom stereocenters. The Hall–Kier alpha value is -3.29. The molecule has 8 heteroatoms. The summed E-state index contributed by atoms with van der Waals surface area (Å²) in [5.74, 6) is 1.19. The van der Waals surface area contributed by atoms with E-state index in [1.165, 1.54) is 0 Å². The van der Waals surface area contributed by atoms with Crippen LogP contribution in [0.25, 0.3) is 5.65 Å². The van der Waals surface area contributed by atoms with Gasteiger partial charge in [0.1, 0.15) is 18.5 Å². The number of hydrogen-bond donors (Lipinski definition) is 1.